The van der Waals surface area contributed by atoms with Crippen LogP contribution in [0.2, 0.25) is 0 Å². The van der Waals surface area contributed by atoms with Crippen LogP contribution in [0.5, 0.6) is 0 Å². The van der Waals surface area contributed by atoms with Crippen molar-refractivity contribution in [3.8, 4) is 5.69 Å². The van der Waals surface area contributed by atoms with Crippen molar-refractivity contribution in [1.82, 2.24) is 14.8 Å². The Kier molecular flexibility index (Phi) is 2.98. The Morgan fingerprint density at radius 2 is 2.11 bits per heavy atom. The summed E-state index contributed by atoms with van der Waals surface area (Å²) in [6, 6.07) is 5.92. The molecular weight excluding hydrogens is 407 g/mol. The molecule has 0 saturated heterocycles. The number of hydrogen-bond donors (Lipinski definition) is 1. The highest BCUT2D eigenvalue weighted by Crippen LogP contribution is 2.28. The van der Waals surface area contributed by atoms with Crippen LogP contribution in [0.3, 0.4) is 0 Å². The second-order valence-electron chi connectivity index (χ2n) is 3.83. The summed E-state index contributed by atoms with van der Waals surface area (Å²) in [4.78, 5) is 4.33. The van der Waals surface area contributed by atoms with Crippen molar-refractivity contribution in [2.75, 3.05) is 5.73 Å². The molecule has 0 aliphatic rings. The summed E-state index contributed by atoms with van der Waals surface area (Å²) in [5, 5.41) is 5.29. The van der Waals surface area contributed by atoms with Crippen LogP contribution in [0.25, 0.3) is 16.6 Å². The maximum Gasteiger partial charge on any atom is 0.0985 e. The third kappa shape index (κ3) is 1.99. The molecule has 2 heterocycles. The van der Waals surface area contributed by atoms with E-state index in [0.29, 0.717) is 5.69 Å². The predicted octanol–water partition coefficient (Wildman–Crippen LogP) is 3.37. The van der Waals surface area contributed by atoms with E-state index < -0.39 is 0 Å². The van der Waals surface area contributed by atoms with Crippen LogP contribution >= 0.6 is 38.5 Å². The standard InChI is InChI=1S/C12H8BrIN4/c13-7-1-2-11-9(3-7)12(10(15)5-16-11)18-6-8(14)4-17-18/h1-6H,15H2. The molecule has 3 aromatic rings. The fourth-order valence-corrected chi connectivity index (χ4v) is 2.59. The van der Waals surface area contributed by atoms with Gasteiger partial charge in [0.15, 0.2) is 0 Å². The van der Waals surface area contributed by atoms with Crippen molar-refractivity contribution in [3.63, 3.8) is 0 Å². The van der Waals surface area contributed by atoms with Crippen LogP contribution in [0.1, 0.15) is 0 Å². The van der Waals surface area contributed by atoms with Gasteiger partial charge in [0.2, 0.25) is 0 Å². The highest BCUT2D eigenvalue weighted by Gasteiger charge is 2.10. The van der Waals surface area contributed by atoms with Gasteiger partial charge in [-0.05, 0) is 40.8 Å². The molecule has 0 aliphatic carbocycles. The normalized spacial score (nSPS) is 11.0. The number of rotatable bonds is 1. The Hall–Kier alpha value is -1.15. The van der Waals surface area contributed by atoms with Gasteiger partial charge in [-0.2, -0.15) is 5.10 Å². The van der Waals surface area contributed by atoms with Crippen molar-refractivity contribution in [2.45, 2.75) is 0 Å². The van der Waals surface area contributed by atoms with E-state index in [1.807, 2.05) is 24.4 Å². The number of aromatic nitrogens is 3. The van der Waals surface area contributed by atoms with Crippen LogP contribution < -0.4 is 5.73 Å². The predicted molar refractivity (Wildman–Crippen MR) is 83.7 cm³/mol. The molecule has 0 bridgehead atoms. The molecule has 0 unspecified atom stereocenters. The zero-order valence-electron chi connectivity index (χ0n) is 9.14. The summed E-state index contributed by atoms with van der Waals surface area (Å²) in [7, 11) is 0. The molecule has 0 fully saturated rings. The van der Waals surface area contributed by atoms with Gasteiger partial charge in [0.25, 0.3) is 0 Å². The first kappa shape index (κ1) is 11.9. The lowest BCUT2D eigenvalue weighted by molar-refractivity contribution is 0.888. The van der Waals surface area contributed by atoms with E-state index >= 15 is 0 Å². The van der Waals surface area contributed by atoms with Crippen LogP contribution in [-0.4, -0.2) is 14.8 Å². The fourth-order valence-electron chi connectivity index (χ4n) is 1.85. The van der Waals surface area contributed by atoms with E-state index in [1.165, 1.54) is 0 Å². The number of pyridine rings is 1. The summed E-state index contributed by atoms with van der Waals surface area (Å²) in [6.07, 6.45) is 5.40. The lowest BCUT2D eigenvalue weighted by atomic mass is 10.1. The molecular formula is C12H8BrIN4. The molecule has 2 N–H and O–H groups in total. The molecule has 4 nitrogen and oxygen atoms in total. The van der Waals surface area contributed by atoms with E-state index in [2.05, 4.69) is 48.6 Å². The lowest BCUT2D eigenvalue weighted by Crippen LogP contribution is -2.02. The molecule has 0 spiro atoms. The quantitative estimate of drug-likeness (QED) is 0.621. The highest BCUT2D eigenvalue weighted by molar-refractivity contribution is 14.1. The number of nitrogens with zero attached hydrogens (tertiary/aromatic N) is 3. The van der Waals surface area contributed by atoms with Gasteiger partial charge in [-0.15, -0.1) is 0 Å². The molecule has 90 valence electrons. The molecule has 0 atom stereocenters. The fraction of sp³-hybridized carbons (Fsp3) is 0. The molecule has 3 rings (SSSR count). The second kappa shape index (κ2) is 4.51. The average molecular weight is 415 g/mol. The minimum atomic E-state index is 0.611. The zero-order chi connectivity index (χ0) is 12.7. The monoisotopic (exact) mass is 414 g/mol. The third-order valence-electron chi connectivity index (χ3n) is 2.61. The van der Waals surface area contributed by atoms with E-state index in [4.69, 9.17) is 5.73 Å². The maximum atomic E-state index is 6.04. The van der Waals surface area contributed by atoms with Crippen LogP contribution in [-0.2, 0) is 0 Å². The van der Waals surface area contributed by atoms with Crippen LogP contribution in [0.4, 0.5) is 5.69 Å². The molecule has 0 radical (unpaired) electrons. The van der Waals surface area contributed by atoms with Crippen molar-refractivity contribution >= 4 is 55.1 Å². The molecule has 1 aromatic carbocycles. The zero-order valence-corrected chi connectivity index (χ0v) is 12.9. The van der Waals surface area contributed by atoms with Crippen molar-refractivity contribution in [2.24, 2.45) is 0 Å². The Morgan fingerprint density at radius 3 is 2.83 bits per heavy atom. The summed E-state index contributed by atoms with van der Waals surface area (Å²) in [6.45, 7) is 0. The minimum Gasteiger partial charge on any atom is -0.396 e. The van der Waals surface area contributed by atoms with Crippen molar-refractivity contribution in [3.05, 3.63) is 44.8 Å². The summed E-state index contributed by atoms with van der Waals surface area (Å²) >= 11 is 5.69. The first-order valence-corrected chi connectivity index (χ1v) is 7.06. The smallest absolute Gasteiger partial charge is 0.0985 e. The van der Waals surface area contributed by atoms with Gasteiger partial charge in [-0.25, -0.2) is 4.68 Å². The number of fused-ring (bicyclic) bond motifs is 1. The second-order valence-corrected chi connectivity index (χ2v) is 5.99. The van der Waals surface area contributed by atoms with Gasteiger partial charge in [0.1, 0.15) is 0 Å². The largest absolute Gasteiger partial charge is 0.396 e. The number of halogens is 2. The summed E-state index contributed by atoms with van der Waals surface area (Å²) < 4.78 is 3.84. The summed E-state index contributed by atoms with van der Waals surface area (Å²) in [5.74, 6) is 0. The van der Waals surface area contributed by atoms with Crippen molar-refractivity contribution in [1.29, 1.82) is 0 Å². The Bertz CT molecular complexity index is 733. The molecule has 18 heavy (non-hydrogen) atoms. The van der Waals surface area contributed by atoms with Gasteiger partial charge in [0, 0.05) is 16.1 Å². The molecule has 6 heteroatoms. The molecule has 2 aromatic heterocycles. The van der Waals surface area contributed by atoms with Gasteiger partial charge in [-0.1, -0.05) is 15.9 Å². The molecule has 0 saturated carbocycles. The summed E-state index contributed by atoms with van der Waals surface area (Å²) in [5.41, 5.74) is 8.41. The van der Waals surface area contributed by atoms with E-state index in [9.17, 15) is 0 Å². The van der Waals surface area contributed by atoms with E-state index in [-0.39, 0.29) is 0 Å². The number of nitrogen functional groups attached to an aromatic ring is 1. The van der Waals surface area contributed by atoms with Crippen LogP contribution in [0, 0.1) is 3.57 Å². The third-order valence-corrected chi connectivity index (χ3v) is 3.66. The molecule has 0 aliphatic heterocycles. The SMILES string of the molecule is Nc1cnc2ccc(Br)cc2c1-n1cc(I)cn1. The highest BCUT2D eigenvalue weighted by atomic mass is 127. The Morgan fingerprint density at radius 1 is 1.28 bits per heavy atom. The molecule has 0 amide bonds. The topological polar surface area (TPSA) is 56.7 Å². The van der Waals surface area contributed by atoms with E-state index in [0.717, 1.165) is 24.6 Å². The van der Waals surface area contributed by atoms with Gasteiger partial charge < -0.3 is 5.73 Å². The average Bonchev–Trinajstić information content (AvgIpc) is 2.75. The lowest BCUT2D eigenvalue weighted by Gasteiger charge is -2.09. The van der Waals surface area contributed by atoms with Gasteiger partial charge >= 0.3 is 0 Å². The first-order chi connectivity index (χ1) is 8.65. The Balaban J connectivity index is 2.39. The van der Waals surface area contributed by atoms with Gasteiger partial charge in [-0.3, -0.25) is 4.98 Å². The number of anilines is 1. The Labute approximate surface area is 125 Å². The minimum absolute atomic E-state index is 0.611. The van der Waals surface area contributed by atoms with E-state index in [1.54, 1.807) is 17.1 Å². The van der Waals surface area contributed by atoms with Crippen molar-refractivity contribution < 1.29 is 0 Å². The van der Waals surface area contributed by atoms with Crippen LogP contribution in [0.15, 0.2) is 41.3 Å². The first-order valence-electron chi connectivity index (χ1n) is 5.19. The van der Waals surface area contributed by atoms with Gasteiger partial charge in [0.05, 0.1) is 32.9 Å². The number of benzene rings is 1. The number of hydrogen-bond acceptors (Lipinski definition) is 3. The number of nitrogens with two attached hydrogens (primary N) is 1. The maximum absolute atomic E-state index is 6.04.